The summed E-state index contributed by atoms with van der Waals surface area (Å²) in [5, 5.41) is 3.19. The van der Waals surface area contributed by atoms with Crippen LogP contribution >= 0.6 is 23.4 Å². The molecular weight excluding hydrogens is 489 g/mol. The zero-order valence-corrected chi connectivity index (χ0v) is 20.5. The molecule has 0 radical (unpaired) electrons. The zero-order valence-electron chi connectivity index (χ0n) is 18.9. The number of nitrogens with zero attached hydrogens (tertiary/aromatic N) is 2. The molecule has 1 N–H and O–H groups in total. The van der Waals surface area contributed by atoms with E-state index >= 15 is 0 Å². The van der Waals surface area contributed by atoms with Gasteiger partial charge in [-0.3, -0.25) is 14.5 Å². The summed E-state index contributed by atoms with van der Waals surface area (Å²) in [4.78, 5) is 32.5. The highest BCUT2D eigenvalue weighted by molar-refractivity contribution is 8.15. The van der Waals surface area contributed by atoms with Crippen molar-refractivity contribution in [3.63, 3.8) is 0 Å². The molecular formula is C26H23ClFN3O3S. The number of carbonyl (C=O) groups is 2. The van der Waals surface area contributed by atoms with Crippen molar-refractivity contribution in [2.45, 2.75) is 18.1 Å². The van der Waals surface area contributed by atoms with E-state index in [9.17, 15) is 14.0 Å². The number of amidine groups is 1. The molecule has 3 aromatic carbocycles. The van der Waals surface area contributed by atoms with Crippen molar-refractivity contribution in [3.8, 4) is 5.75 Å². The fourth-order valence-electron chi connectivity index (χ4n) is 3.54. The SMILES string of the molecule is COc1ccccc1NC(=O)[C@@H]1CC(=O)N(CCc2ccc(F)cc2)C(=Nc2ccc(Cl)cc2)S1. The van der Waals surface area contributed by atoms with Crippen molar-refractivity contribution in [3.05, 3.63) is 89.2 Å². The van der Waals surface area contributed by atoms with E-state index < -0.39 is 5.25 Å². The van der Waals surface area contributed by atoms with E-state index in [0.717, 1.165) is 5.56 Å². The molecule has 1 aliphatic heterocycles. The maximum Gasteiger partial charge on any atom is 0.238 e. The first kappa shape index (κ1) is 24.8. The Morgan fingerprint density at radius 1 is 1.14 bits per heavy atom. The minimum absolute atomic E-state index is 0.0225. The van der Waals surface area contributed by atoms with Crippen LogP contribution in [0.4, 0.5) is 15.8 Å². The van der Waals surface area contributed by atoms with Crippen LogP contribution in [-0.4, -0.2) is 40.8 Å². The van der Waals surface area contributed by atoms with Gasteiger partial charge in [0.25, 0.3) is 0 Å². The van der Waals surface area contributed by atoms with Crippen LogP contribution < -0.4 is 10.1 Å². The lowest BCUT2D eigenvalue weighted by Crippen LogP contribution is -2.46. The molecule has 1 saturated heterocycles. The van der Waals surface area contributed by atoms with Crippen LogP contribution in [0.15, 0.2) is 77.8 Å². The summed E-state index contributed by atoms with van der Waals surface area (Å²) in [6, 6.07) is 20.2. The van der Waals surface area contributed by atoms with E-state index in [4.69, 9.17) is 16.3 Å². The average Bonchev–Trinajstić information content (AvgIpc) is 2.86. The topological polar surface area (TPSA) is 71.0 Å². The molecule has 0 spiro atoms. The minimum Gasteiger partial charge on any atom is -0.495 e. The number of methoxy groups -OCH3 is 1. The molecule has 35 heavy (non-hydrogen) atoms. The molecule has 2 amide bonds. The smallest absolute Gasteiger partial charge is 0.238 e. The molecule has 0 aromatic heterocycles. The Balaban J connectivity index is 1.55. The summed E-state index contributed by atoms with van der Waals surface area (Å²) in [5.41, 5.74) is 2.04. The summed E-state index contributed by atoms with van der Waals surface area (Å²) in [7, 11) is 1.53. The lowest BCUT2D eigenvalue weighted by molar-refractivity contribution is -0.129. The van der Waals surface area contributed by atoms with Crippen LogP contribution in [0.2, 0.25) is 5.02 Å². The molecule has 0 unspecified atom stereocenters. The van der Waals surface area contributed by atoms with Crippen LogP contribution in [0.25, 0.3) is 0 Å². The summed E-state index contributed by atoms with van der Waals surface area (Å²) in [5.74, 6) is -0.301. The third kappa shape index (κ3) is 6.41. The molecule has 4 rings (SSSR count). The van der Waals surface area contributed by atoms with Gasteiger partial charge in [0.1, 0.15) is 16.8 Å². The minimum atomic E-state index is -0.666. The first-order valence-corrected chi connectivity index (χ1v) is 12.2. The molecule has 0 aliphatic carbocycles. The maximum absolute atomic E-state index is 13.3. The Kier molecular flexibility index (Phi) is 8.05. The Morgan fingerprint density at radius 2 is 1.86 bits per heavy atom. The molecule has 3 aromatic rings. The molecule has 1 heterocycles. The van der Waals surface area contributed by atoms with Gasteiger partial charge in [-0.05, 0) is 60.5 Å². The fourth-order valence-corrected chi connectivity index (χ4v) is 4.79. The van der Waals surface area contributed by atoms with E-state index in [1.807, 2.05) is 6.07 Å². The second-order valence-corrected chi connectivity index (χ2v) is 9.40. The number of carbonyl (C=O) groups excluding carboxylic acids is 2. The Morgan fingerprint density at radius 3 is 2.57 bits per heavy atom. The molecule has 1 fully saturated rings. The quantitative estimate of drug-likeness (QED) is 0.442. The van der Waals surface area contributed by atoms with Crippen LogP contribution in [-0.2, 0) is 16.0 Å². The Labute approximate surface area is 212 Å². The number of ether oxygens (including phenoxy) is 1. The number of hydrogen-bond acceptors (Lipinski definition) is 5. The number of nitrogens with one attached hydrogen (secondary N) is 1. The summed E-state index contributed by atoms with van der Waals surface area (Å²) < 4.78 is 18.6. The monoisotopic (exact) mass is 511 g/mol. The average molecular weight is 512 g/mol. The van der Waals surface area contributed by atoms with E-state index in [1.165, 1.54) is 31.0 Å². The van der Waals surface area contributed by atoms with Gasteiger partial charge in [-0.1, -0.05) is 47.6 Å². The number of benzene rings is 3. The number of para-hydroxylation sites is 2. The summed E-state index contributed by atoms with van der Waals surface area (Å²) >= 11 is 7.22. The lowest BCUT2D eigenvalue weighted by atomic mass is 10.1. The Hall–Kier alpha value is -3.36. The summed E-state index contributed by atoms with van der Waals surface area (Å²) in [6.07, 6.45) is 0.541. The van der Waals surface area contributed by atoms with Gasteiger partial charge in [-0.25, -0.2) is 9.38 Å². The van der Waals surface area contributed by atoms with Gasteiger partial charge in [0.15, 0.2) is 5.17 Å². The first-order valence-electron chi connectivity index (χ1n) is 10.9. The van der Waals surface area contributed by atoms with Crippen LogP contribution in [0.3, 0.4) is 0 Å². The summed E-state index contributed by atoms with van der Waals surface area (Å²) in [6.45, 7) is 0.352. The molecule has 6 nitrogen and oxygen atoms in total. The van der Waals surface area contributed by atoms with Crippen molar-refractivity contribution < 1.29 is 18.7 Å². The van der Waals surface area contributed by atoms with Gasteiger partial charge in [0.05, 0.1) is 18.5 Å². The van der Waals surface area contributed by atoms with Crippen molar-refractivity contribution >= 4 is 51.7 Å². The molecule has 0 bridgehead atoms. The number of amides is 2. The van der Waals surface area contributed by atoms with Gasteiger partial charge in [-0.15, -0.1) is 0 Å². The number of anilines is 1. The molecule has 1 aliphatic rings. The van der Waals surface area contributed by atoms with Gasteiger partial charge < -0.3 is 10.1 Å². The molecule has 0 saturated carbocycles. The standard InChI is InChI=1S/C26H23ClFN3O3S/c1-34-22-5-3-2-4-21(22)30-25(33)23-16-24(32)31(15-14-17-6-10-19(28)11-7-17)26(35-23)29-20-12-8-18(27)9-13-20/h2-13,23H,14-16H2,1H3,(H,30,33)/t23-/m0/s1. The predicted molar refractivity (Wildman–Crippen MR) is 138 cm³/mol. The molecule has 1 atom stereocenters. The normalized spacial score (nSPS) is 16.9. The molecule has 180 valence electrons. The third-order valence-electron chi connectivity index (χ3n) is 5.39. The first-order chi connectivity index (χ1) is 16.9. The second kappa shape index (κ2) is 11.4. The number of halogens is 2. The van der Waals surface area contributed by atoms with Crippen molar-refractivity contribution in [2.24, 2.45) is 4.99 Å². The predicted octanol–water partition coefficient (Wildman–Crippen LogP) is 5.69. The van der Waals surface area contributed by atoms with Gasteiger partial charge in [0.2, 0.25) is 11.8 Å². The highest BCUT2D eigenvalue weighted by Gasteiger charge is 2.36. The van der Waals surface area contributed by atoms with Crippen LogP contribution in [0.1, 0.15) is 12.0 Å². The van der Waals surface area contributed by atoms with Crippen molar-refractivity contribution in [1.29, 1.82) is 0 Å². The second-order valence-electron chi connectivity index (χ2n) is 7.79. The maximum atomic E-state index is 13.3. The number of rotatable bonds is 7. The highest BCUT2D eigenvalue weighted by Crippen LogP contribution is 2.31. The van der Waals surface area contributed by atoms with E-state index in [0.29, 0.717) is 40.3 Å². The lowest BCUT2D eigenvalue weighted by Gasteiger charge is -2.32. The number of thioether (sulfide) groups is 1. The van der Waals surface area contributed by atoms with Crippen LogP contribution in [0, 0.1) is 5.82 Å². The van der Waals surface area contributed by atoms with E-state index in [1.54, 1.807) is 59.5 Å². The fraction of sp³-hybridized carbons (Fsp3) is 0.192. The number of hydrogen-bond donors (Lipinski definition) is 1. The van der Waals surface area contributed by atoms with E-state index in [2.05, 4.69) is 10.3 Å². The highest BCUT2D eigenvalue weighted by atomic mass is 35.5. The number of aliphatic imine (C=N–C) groups is 1. The van der Waals surface area contributed by atoms with Gasteiger partial charge >= 0.3 is 0 Å². The van der Waals surface area contributed by atoms with Crippen molar-refractivity contribution in [2.75, 3.05) is 19.0 Å². The van der Waals surface area contributed by atoms with Crippen molar-refractivity contribution in [1.82, 2.24) is 4.90 Å². The van der Waals surface area contributed by atoms with Gasteiger partial charge in [-0.2, -0.15) is 0 Å². The largest absolute Gasteiger partial charge is 0.495 e. The zero-order chi connectivity index (χ0) is 24.8. The Bertz CT molecular complexity index is 1240. The van der Waals surface area contributed by atoms with E-state index in [-0.39, 0.29) is 24.1 Å². The third-order valence-corrected chi connectivity index (χ3v) is 6.83. The molecule has 9 heteroatoms. The van der Waals surface area contributed by atoms with Gasteiger partial charge in [0, 0.05) is 18.0 Å². The van der Waals surface area contributed by atoms with Crippen LogP contribution in [0.5, 0.6) is 5.75 Å².